The highest BCUT2D eigenvalue weighted by Crippen LogP contribution is 2.37. The minimum absolute atomic E-state index is 0.0604. The molecule has 4 heterocycles. The predicted molar refractivity (Wildman–Crippen MR) is 102 cm³/mol. The van der Waals surface area contributed by atoms with Gasteiger partial charge in [0.05, 0.1) is 25.8 Å². The van der Waals surface area contributed by atoms with Crippen LogP contribution in [0.2, 0.25) is 0 Å². The Morgan fingerprint density at radius 2 is 2.04 bits per heavy atom. The molecule has 0 radical (unpaired) electrons. The van der Waals surface area contributed by atoms with E-state index in [0.717, 1.165) is 29.7 Å². The van der Waals surface area contributed by atoms with Crippen molar-refractivity contribution < 1.29 is 19.0 Å². The van der Waals surface area contributed by atoms with Crippen LogP contribution >= 0.6 is 0 Å². The number of hydrogen-bond donors (Lipinski definition) is 0. The fourth-order valence-electron chi connectivity index (χ4n) is 4.37. The summed E-state index contributed by atoms with van der Waals surface area (Å²) in [6.07, 6.45) is 5.68. The van der Waals surface area contributed by atoms with Crippen LogP contribution in [0.15, 0.2) is 48.8 Å². The van der Waals surface area contributed by atoms with E-state index in [9.17, 15) is 4.79 Å². The van der Waals surface area contributed by atoms with Crippen LogP contribution in [-0.4, -0.2) is 53.3 Å². The first kappa shape index (κ1) is 17.6. The Bertz CT molecular complexity index is 826. The van der Waals surface area contributed by atoms with E-state index in [0.29, 0.717) is 32.7 Å². The molecule has 6 heteroatoms. The molecule has 6 nitrogen and oxygen atoms in total. The van der Waals surface area contributed by atoms with Gasteiger partial charge in [0.1, 0.15) is 11.4 Å². The van der Waals surface area contributed by atoms with Crippen molar-refractivity contribution in [3.63, 3.8) is 0 Å². The maximum Gasteiger partial charge on any atom is 0.264 e. The number of hydrogen-bond acceptors (Lipinski definition) is 5. The van der Waals surface area contributed by atoms with Crippen molar-refractivity contribution in [1.82, 2.24) is 9.88 Å². The Kier molecular flexibility index (Phi) is 4.53. The number of amides is 1. The second-order valence-corrected chi connectivity index (χ2v) is 7.93. The van der Waals surface area contributed by atoms with Gasteiger partial charge in [0.15, 0.2) is 6.10 Å². The van der Waals surface area contributed by atoms with Crippen molar-refractivity contribution in [1.29, 1.82) is 0 Å². The van der Waals surface area contributed by atoms with Gasteiger partial charge in [0, 0.05) is 31.8 Å². The number of aromatic nitrogens is 1. The summed E-state index contributed by atoms with van der Waals surface area (Å²) in [5.74, 6) is 0.889. The number of pyridine rings is 1. The van der Waals surface area contributed by atoms with E-state index < -0.39 is 6.10 Å². The molecule has 1 amide bonds. The Balaban J connectivity index is 1.14. The van der Waals surface area contributed by atoms with Gasteiger partial charge < -0.3 is 19.1 Å². The smallest absolute Gasteiger partial charge is 0.264 e. The predicted octanol–water partition coefficient (Wildman–Crippen LogP) is 2.36. The van der Waals surface area contributed by atoms with E-state index >= 15 is 0 Å². The zero-order valence-corrected chi connectivity index (χ0v) is 15.8. The van der Waals surface area contributed by atoms with Gasteiger partial charge in [-0.3, -0.25) is 9.78 Å². The minimum Gasteiger partial charge on any atom is -0.480 e. The number of carbonyl (C=O) groups excluding carboxylic acids is 1. The largest absolute Gasteiger partial charge is 0.480 e. The van der Waals surface area contributed by atoms with Gasteiger partial charge in [0.2, 0.25) is 0 Å². The van der Waals surface area contributed by atoms with Gasteiger partial charge >= 0.3 is 0 Å². The number of rotatable bonds is 4. The van der Waals surface area contributed by atoms with Crippen molar-refractivity contribution in [3.05, 3.63) is 59.9 Å². The number of likely N-dealkylation sites (tertiary alicyclic amines) is 1. The summed E-state index contributed by atoms with van der Waals surface area (Å²) in [6, 6.07) is 11.8. The van der Waals surface area contributed by atoms with Crippen LogP contribution < -0.4 is 4.74 Å². The van der Waals surface area contributed by atoms with E-state index in [1.807, 2.05) is 41.3 Å². The molecule has 2 fully saturated rings. The number of carbonyl (C=O) groups is 1. The van der Waals surface area contributed by atoms with E-state index in [-0.39, 0.29) is 17.6 Å². The normalized spacial score (nSPS) is 25.1. The Morgan fingerprint density at radius 3 is 2.86 bits per heavy atom. The number of fused-ring (bicyclic) bond motifs is 1. The fourth-order valence-corrected chi connectivity index (χ4v) is 4.37. The molecule has 2 aromatic rings. The molecule has 3 aliphatic rings. The quantitative estimate of drug-likeness (QED) is 0.815. The van der Waals surface area contributed by atoms with Crippen LogP contribution in [0.4, 0.5) is 0 Å². The first-order valence-electron chi connectivity index (χ1n) is 9.89. The van der Waals surface area contributed by atoms with Crippen molar-refractivity contribution in [2.24, 2.45) is 0 Å². The number of benzene rings is 1. The molecule has 2 atom stereocenters. The summed E-state index contributed by atoms with van der Waals surface area (Å²) in [5.41, 5.74) is 1.97. The highest BCUT2D eigenvalue weighted by Gasteiger charge is 2.51. The lowest BCUT2D eigenvalue weighted by atomic mass is 9.84. The number of nitrogens with zero attached hydrogens (tertiary/aromatic N) is 2. The molecule has 0 saturated carbocycles. The highest BCUT2D eigenvalue weighted by molar-refractivity contribution is 5.83. The maximum atomic E-state index is 12.8. The van der Waals surface area contributed by atoms with Crippen molar-refractivity contribution in [2.75, 3.05) is 19.7 Å². The molecule has 3 aliphatic heterocycles. The fraction of sp³-hybridized carbons (Fsp3) is 0.455. The summed E-state index contributed by atoms with van der Waals surface area (Å²) in [4.78, 5) is 18.7. The number of para-hydroxylation sites is 1. The molecule has 146 valence electrons. The SMILES string of the molecule is O=C([C@@H]1Cc2ccccc2O1)N1CC2(C[C@H](OCc3ccncc3)CCO2)C1. The van der Waals surface area contributed by atoms with E-state index in [1.54, 1.807) is 12.4 Å². The van der Waals surface area contributed by atoms with Crippen LogP contribution in [0.3, 0.4) is 0 Å². The third-order valence-corrected chi connectivity index (χ3v) is 5.88. The van der Waals surface area contributed by atoms with Crippen LogP contribution in [0.25, 0.3) is 0 Å². The van der Waals surface area contributed by atoms with Gasteiger partial charge in [0.25, 0.3) is 5.91 Å². The topological polar surface area (TPSA) is 60.9 Å². The Morgan fingerprint density at radius 1 is 1.21 bits per heavy atom. The zero-order valence-electron chi connectivity index (χ0n) is 15.8. The second-order valence-electron chi connectivity index (χ2n) is 7.93. The van der Waals surface area contributed by atoms with Crippen molar-refractivity contribution >= 4 is 5.91 Å². The van der Waals surface area contributed by atoms with Crippen LogP contribution in [-0.2, 0) is 27.3 Å². The Hall–Kier alpha value is -2.44. The summed E-state index contributed by atoms with van der Waals surface area (Å²) >= 11 is 0. The average Bonchev–Trinajstić information content (AvgIpc) is 3.15. The third-order valence-electron chi connectivity index (χ3n) is 5.88. The summed E-state index contributed by atoms with van der Waals surface area (Å²) in [6.45, 7) is 2.50. The average molecular weight is 380 g/mol. The molecule has 1 spiro atoms. The molecular weight excluding hydrogens is 356 g/mol. The molecular formula is C22H24N2O4. The van der Waals surface area contributed by atoms with Crippen LogP contribution in [0.1, 0.15) is 24.0 Å². The first-order chi connectivity index (χ1) is 13.7. The molecule has 0 unspecified atom stereocenters. The van der Waals surface area contributed by atoms with Crippen LogP contribution in [0.5, 0.6) is 5.75 Å². The van der Waals surface area contributed by atoms with E-state index in [1.165, 1.54) is 0 Å². The van der Waals surface area contributed by atoms with Gasteiger partial charge in [-0.25, -0.2) is 0 Å². The lowest BCUT2D eigenvalue weighted by molar-refractivity contribution is -0.205. The lowest BCUT2D eigenvalue weighted by Crippen LogP contribution is -2.68. The third kappa shape index (κ3) is 3.38. The molecule has 0 bridgehead atoms. The summed E-state index contributed by atoms with van der Waals surface area (Å²) in [5, 5.41) is 0. The molecule has 1 aromatic carbocycles. The molecule has 0 aliphatic carbocycles. The molecule has 28 heavy (non-hydrogen) atoms. The molecule has 0 N–H and O–H groups in total. The van der Waals surface area contributed by atoms with Crippen LogP contribution in [0, 0.1) is 0 Å². The van der Waals surface area contributed by atoms with Gasteiger partial charge in [-0.05, 0) is 35.7 Å². The van der Waals surface area contributed by atoms with Gasteiger partial charge in [-0.2, -0.15) is 0 Å². The number of ether oxygens (including phenoxy) is 3. The van der Waals surface area contributed by atoms with Gasteiger partial charge in [-0.15, -0.1) is 0 Å². The molecule has 5 rings (SSSR count). The second kappa shape index (κ2) is 7.18. The van der Waals surface area contributed by atoms with E-state index in [4.69, 9.17) is 14.2 Å². The molecule has 1 aromatic heterocycles. The maximum absolute atomic E-state index is 12.8. The first-order valence-corrected chi connectivity index (χ1v) is 9.89. The lowest BCUT2D eigenvalue weighted by Gasteiger charge is -2.53. The molecule has 2 saturated heterocycles. The monoisotopic (exact) mass is 380 g/mol. The highest BCUT2D eigenvalue weighted by atomic mass is 16.5. The summed E-state index contributed by atoms with van der Waals surface area (Å²) in [7, 11) is 0. The minimum atomic E-state index is -0.405. The van der Waals surface area contributed by atoms with Crippen molar-refractivity contribution in [3.8, 4) is 5.75 Å². The Labute approximate surface area is 164 Å². The standard InChI is InChI=1S/C22H24N2O4/c25-21(20-11-17-3-1-2-4-19(17)28-20)24-14-22(15-24)12-18(7-10-27-22)26-13-16-5-8-23-9-6-16/h1-6,8-9,18,20H,7,10-15H2/t18-,20+/m1/s1. The summed E-state index contributed by atoms with van der Waals surface area (Å²) < 4.78 is 18.0. The zero-order chi connectivity index (χ0) is 19.0. The van der Waals surface area contributed by atoms with E-state index in [2.05, 4.69) is 4.98 Å². The van der Waals surface area contributed by atoms with Gasteiger partial charge in [-0.1, -0.05) is 18.2 Å². The van der Waals surface area contributed by atoms with Crippen molar-refractivity contribution in [2.45, 2.75) is 43.7 Å².